The highest BCUT2D eigenvalue weighted by Gasteiger charge is 2.28. The van der Waals surface area contributed by atoms with Crippen LogP contribution in [0.15, 0.2) is 30.3 Å². The van der Waals surface area contributed by atoms with E-state index >= 15 is 0 Å². The molecule has 1 fully saturated rings. The molecule has 1 amide bonds. The summed E-state index contributed by atoms with van der Waals surface area (Å²) in [4.78, 5) is 14.5. The minimum absolute atomic E-state index is 0.241. The highest BCUT2D eigenvalue weighted by Crippen LogP contribution is 2.15. The predicted molar refractivity (Wildman–Crippen MR) is 73.4 cm³/mol. The van der Waals surface area contributed by atoms with Gasteiger partial charge in [-0.05, 0) is 32.4 Å². The molecule has 98 valence electrons. The molecule has 0 radical (unpaired) electrons. The largest absolute Gasteiger partial charge is 0.336 e. The smallest absolute Gasteiger partial charge is 0.227 e. The second-order valence-electron chi connectivity index (χ2n) is 5.20. The molecule has 1 aromatic rings. The zero-order chi connectivity index (χ0) is 13.0. The molecule has 0 spiro atoms. The van der Waals surface area contributed by atoms with Crippen LogP contribution in [0.2, 0.25) is 0 Å². The number of hydrogen-bond acceptors (Lipinski definition) is 2. The molecule has 0 aromatic heterocycles. The van der Waals surface area contributed by atoms with Crippen LogP contribution in [0.4, 0.5) is 0 Å². The Balaban J connectivity index is 2.04. The lowest BCUT2D eigenvalue weighted by Gasteiger charge is -2.32. The summed E-state index contributed by atoms with van der Waals surface area (Å²) in [6.45, 7) is 6.15. The summed E-state index contributed by atoms with van der Waals surface area (Å²) in [6, 6.07) is 10.6. The summed E-state index contributed by atoms with van der Waals surface area (Å²) < 4.78 is 0. The molecule has 18 heavy (non-hydrogen) atoms. The first-order valence-electron chi connectivity index (χ1n) is 6.74. The zero-order valence-electron chi connectivity index (χ0n) is 11.2. The average molecular weight is 246 g/mol. The maximum atomic E-state index is 12.4. The van der Waals surface area contributed by atoms with Gasteiger partial charge >= 0.3 is 0 Å². The van der Waals surface area contributed by atoms with Crippen LogP contribution in [-0.2, 0) is 11.2 Å². The van der Waals surface area contributed by atoms with Gasteiger partial charge in [0.25, 0.3) is 0 Å². The Morgan fingerprint density at radius 2 is 2.11 bits per heavy atom. The molecule has 1 atom stereocenters. The first-order chi connectivity index (χ1) is 8.68. The van der Waals surface area contributed by atoms with Crippen molar-refractivity contribution in [2.24, 2.45) is 0 Å². The van der Waals surface area contributed by atoms with Gasteiger partial charge in [0.05, 0.1) is 6.42 Å². The van der Waals surface area contributed by atoms with Crippen LogP contribution in [0.1, 0.15) is 25.8 Å². The summed E-state index contributed by atoms with van der Waals surface area (Å²) in [6.07, 6.45) is 1.58. The third kappa shape index (κ3) is 3.10. The van der Waals surface area contributed by atoms with Gasteiger partial charge in [0.15, 0.2) is 0 Å². The zero-order valence-corrected chi connectivity index (χ0v) is 11.2. The number of benzene rings is 1. The van der Waals surface area contributed by atoms with Crippen LogP contribution in [0.25, 0.3) is 0 Å². The second-order valence-corrected chi connectivity index (χ2v) is 5.20. The summed E-state index contributed by atoms with van der Waals surface area (Å²) in [7, 11) is 0. The van der Waals surface area contributed by atoms with Crippen LogP contribution >= 0.6 is 0 Å². The van der Waals surface area contributed by atoms with Crippen molar-refractivity contribution >= 4 is 5.91 Å². The number of carbonyl (C=O) groups is 1. The van der Waals surface area contributed by atoms with Gasteiger partial charge in [-0.2, -0.15) is 0 Å². The lowest BCUT2D eigenvalue weighted by Crippen LogP contribution is -2.46. The van der Waals surface area contributed by atoms with Crippen molar-refractivity contribution < 1.29 is 4.79 Å². The van der Waals surface area contributed by atoms with Crippen LogP contribution < -0.4 is 5.32 Å². The molecular weight excluding hydrogens is 224 g/mol. The Labute approximate surface area is 109 Å². The van der Waals surface area contributed by atoms with E-state index in [0.717, 1.165) is 25.1 Å². The first kappa shape index (κ1) is 13.1. The number of rotatable bonds is 4. The van der Waals surface area contributed by atoms with E-state index in [9.17, 15) is 4.79 Å². The van der Waals surface area contributed by atoms with E-state index in [1.54, 1.807) is 0 Å². The lowest BCUT2D eigenvalue weighted by molar-refractivity contribution is -0.134. The van der Waals surface area contributed by atoms with Gasteiger partial charge in [0.1, 0.15) is 0 Å². The van der Waals surface area contributed by atoms with Gasteiger partial charge in [-0.3, -0.25) is 4.79 Å². The van der Waals surface area contributed by atoms with Crippen LogP contribution in [0.5, 0.6) is 0 Å². The van der Waals surface area contributed by atoms with Crippen molar-refractivity contribution in [1.29, 1.82) is 0 Å². The maximum Gasteiger partial charge on any atom is 0.227 e. The third-order valence-electron chi connectivity index (χ3n) is 3.47. The lowest BCUT2D eigenvalue weighted by atomic mass is 10.1. The Morgan fingerprint density at radius 3 is 2.67 bits per heavy atom. The fraction of sp³-hybridized carbons (Fsp3) is 0.533. The minimum atomic E-state index is 0.241. The summed E-state index contributed by atoms with van der Waals surface area (Å²) >= 11 is 0. The maximum absolute atomic E-state index is 12.4. The van der Waals surface area contributed by atoms with Crippen molar-refractivity contribution in [1.82, 2.24) is 10.2 Å². The SMILES string of the molecule is CC(C)N(C(=O)Cc1ccccc1)C1CCNC1. The Morgan fingerprint density at radius 1 is 1.39 bits per heavy atom. The first-order valence-corrected chi connectivity index (χ1v) is 6.74. The quantitative estimate of drug-likeness (QED) is 0.879. The third-order valence-corrected chi connectivity index (χ3v) is 3.47. The Bertz CT molecular complexity index is 383. The highest BCUT2D eigenvalue weighted by molar-refractivity contribution is 5.79. The van der Waals surface area contributed by atoms with Crippen LogP contribution in [0.3, 0.4) is 0 Å². The van der Waals surface area contributed by atoms with Crippen molar-refractivity contribution in [3.8, 4) is 0 Å². The molecule has 1 heterocycles. The standard InChI is InChI=1S/C15H22N2O/c1-12(2)17(14-8-9-16-11-14)15(18)10-13-6-4-3-5-7-13/h3-7,12,14,16H,8-11H2,1-2H3. The van der Waals surface area contributed by atoms with E-state index < -0.39 is 0 Å². The van der Waals surface area contributed by atoms with Gasteiger partial charge in [0.2, 0.25) is 5.91 Å². The fourth-order valence-corrected chi connectivity index (χ4v) is 2.65. The van der Waals surface area contributed by atoms with Gasteiger partial charge in [-0.15, -0.1) is 0 Å². The van der Waals surface area contributed by atoms with E-state index in [1.165, 1.54) is 0 Å². The van der Waals surface area contributed by atoms with Crippen molar-refractivity contribution in [2.75, 3.05) is 13.1 Å². The molecule has 3 heteroatoms. The molecule has 0 saturated carbocycles. The van der Waals surface area contributed by atoms with Gasteiger partial charge < -0.3 is 10.2 Å². The van der Waals surface area contributed by atoms with E-state index in [0.29, 0.717) is 12.5 Å². The summed E-state index contributed by atoms with van der Waals surface area (Å²) in [5, 5.41) is 3.33. The summed E-state index contributed by atoms with van der Waals surface area (Å²) in [5.41, 5.74) is 1.10. The normalized spacial score (nSPS) is 19.2. The van der Waals surface area contributed by atoms with Gasteiger partial charge in [-0.25, -0.2) is 0 Å². The summed E-state index contributed by atoms with van der Waals surface area (Å²) in [5.74, 6) is 0.241. The van der Waals surface area contributed by atoms with Crippen molar-refractivity contribution in [2.45, 2.75) is 38.8 Å². The van der Waals surface area contributed by atoms with E-state index in [1.807, 2.05) is 35.2 Å². The average Bonchev–Trinajstić information content (AvgIpc) is 2.83. The van der Waals surface area contributed by atoms with Crippen molar-refractivity contribution in [3.05, 3.63) is 35.9 Å². The van der Waals surface area contributed by atoms with Gasteiger partial charge in [0, 0.05) is 18.6 Å². The molecule has 0 aliphatic carbocycles. The highest BCUT2D eigenvalue weighted by atomic mass is 16.2. The molecule has 1 N–H and O–H groups in total. The van der Waals surface area contributed by atoms with E-state index in [-0.39, 0.29) is 11.9 Å². The molecule has 1 aliphatic heterocycles. The minimum Gasteiger partial charge on any atom is -0.336 e. The molecule has 2 rings (SSSR count). The number of carbonyl (C=O) groups excluding carboxylic acids is 1. The van der Waals surface area contributed by atoms with Crippen LogP contribution in [-0.4, -0.2) is 36.0 Å². The fourth-order valence-electron chi connectivity index (χ4n) is 2.65. The molecule has 1 aromatic carbocycles. The monoisotopic (exact) mass is 246 g/mol. The second kappa shape index (κ2) is 6.01. The number of hydrogen-bond donors (Lipinski definition) is 1. The molecular formula is C15H22N2O. The molecule has 1 saturated heterocycles. The number of nitrogens with one attached hydrogen (secondary N) is 1. The molecule has 1 aliphatic rings. The molecule has 3 nitrogen and oxygen atoms in total. The Kier molecular flexibility index (Phi) is 4.37. The van der Waals surface area contributed by atoms with E-state index in [4.69, 9.17) is 0 Å². The van der Waals surface area contributed by atoms with E-state index in [2.05, 4.69) is 19.2 Å². The number of amides is 1. The topological polar surface area (TPSA) is 32.3 Å². The van der Waals surface area contributed by atoms with Gasteiger partial charge in [-0.1, -0.05) is 30.3 Å². The molecule has 1 unspecified atom stereocenters. The predicted octanol–water partition coefficient (Wildman–Crippen LogP) is 1.83. The molecule has 0 bridgehead atoms. The van der Waals surface area contributed by atoms with Crippen LogP contribution in [0, 0.1) is 0 Å². The number of nitrogens with zero attached hydrogens (tertiary/aromatic N) is 1. The van der Waals surface area contributed by atoms with Crippen molar-refractivity contribution in [3.63, 3.8) is 0 Å². The Hall–Kier alpha value is -1.35.